The molecule has 6 rings (SSSR count). The average Bonchev–Trinajstić information content (AvgIpc) is 3.37. The van der Waals surface area contributed by atoms with Crippen LogP contribution in [0.4, 0.5) is 0 Å². The van der Waals surface area contributed by atoms with Gasteiger partial charge in [-0.15, -0.1) is 0 Å². The van der Waals surface area contributed by atoms with Gasteiger partial charge in [0.1, 0.15) is 0 Å². The van der Waals surface area contributed by atoms with Gasteiger partial charge in [-0.05, 0) is 36.4 Å². The molecule has 202 valence electrons. The van der Waals surface area contributed by atoms with E-state index in [2.05, 4.69) is 96.3 Å². The Kier molecular flexibility index (Phi) is 8.11. The summed E-state index contributed by atoms with van der Waals surface area (Å²) in [7, 11) is -1.99. The third-order valence-corrected chi connectivity index (χ3v) is 14.2. The van der Waals surface area contributed by atoms with Gasteiger partial charge in [-0.25, -0.2) is 0 Å². The molecule has 4 nitrogen and oxygen atoms in total. The number of hydrogen-bond acceptors (Lipinski definition) is 2. The Balaban J connectivity index is 1.19. The van der Waals surface area contributed by atoms with Gasteiger partial charge in [0, 0.05) is 0 Å². The normalized spacial score (nSPS) is 11.4. The van der Waals surface area contributed by atoms with E-state index in [1.54, 1.807) is 0 Å². The molecule has 41 heavy (non-hydrogen) atoms. The summed E-state index contributed by atoms with van der Waals surface area (Å²) < 4.78 is 2.95. The van der Waals surface area contributed by atoms with Crippen molar-refractivity contribution in [1.82, 2.24) is 8.88 Å². The van der Waals surface area contributed by atoms with E-state index in [9.17, 15) is 9.59 Å². The van der Waals surface area contributed by atoms with Crippen molar-refractivity contribution in [2.45, 2.75) is 6.42 Å². The Hall–Kier alpha value is -4.01. The third kappa shape index (κ3) is 5.62. The Labute approximate surface area is 246 Å². The van der Waals surface area contributed by atoms with Crippen LogP contribution >= 0.6 is 7.26 Å². The Morgan fingerprint density at radius 1 is 0.659 bits per heavy atom. The number of hydrogen-bond donors (Lipinski definition) is 1. The van der Waals surface area contributed by atoms with Crippen molar-refractivity contribution in [3.63, 3.8) is 0 Å². The predicted molar refractivity (Wildman–Crippen MR) is 173 cm³/mol. The van der Waals surface area contributed by atoms with Gasteiger partial charge >= 0.3 is 156 Å². The maximum absolute atomic E-state index is 13.1. The summed E-state index contributed by atoms with van der Waals surface area (Å²) in [6.45, 7) is 0.576. The van der Waals surface area contributed by atoms with Crippen molar-refractivity contribution in [3.05, 3.63) is 155 Å². The van der Waals surface area contributed by atoms with E-state index in [-0.39, 0.29) is 26.2 Å². The molecule has 1 aromatic heterocycles. The van der Waals surface area contributed by atoms with E-state index in [1.807, 2.05) is 52.1 Å². The van der Waals surface area contributed by atoms with Crippen LogP contribution in [0, 0.1) is 0 Å². The summed E-state index contributed by atoms with van der Waals surface area (Å²) in [4.78, 5) is 25.9. The second-order valence-electron chi connectivity index (χ2n) is 9.92. The Morgan fingerprint density at radius 3 is 1.71 bits per heavy atom. The second-order valence-corrected chi connectivity index (χ2v) is 15.6. The molecule has 0 aliphatic rings. The molecule has 0 fully saturated rings. The quantitative estimate of drug-likeness (QED) is 0.188. The molecule has 0 unspecified atom stereocenters. The van der Waals surface area contributed by atoms with Gasteiger partial charge in [-0.1, -0.05) is 54.6 Å². The molecule has 0 atom stereocenters. The van der Waals surface area contributed by atoms with E-state index in [1.165, 1.54) is 15.9 Å². The van der Waals surface area contributed by atoms with Crippen LogP contribution in [0.3, 0.4) is 0 Å². The SMILES string of the molecule is O=C(Cc1ccc(-n2[se]c3ccccc3c2=O)cc1)NCC[P+](c1ccccc1)(c1ccccc1)c1ccccc1. The molecule has 1 N–H and O–H groups in total. The van der Waals surface area contributed by atoms with Gasteiger partial charge in [-0.2, -0.15) is 0 Å². The Morgan fingerprint density at radius 2 is 1.17 bits per heavy atom. The molecule has 0 aliphatic carbocycles. The number of nitrogens with zero attached hydrogens (tertiary/aromatic N) is 1. The standard InChI is InChI=1S/C35H29N2O2PSe/c38-34(26-27-20-22-28(23-21-27)37-35(39)32-18-10-11-19-33(32)41-37)36-24-25-40(29-12-4-1-5-13-29,30-14-6-2-7-15-30)31-16-8-3-9-17-31/h1-23H,24-26H2/p+1. The van der Waals surface area contributed by atoms with Crippen LogP contribution in [0.2, 0.25) is 0 Å². The molecule has 1 amide bonds. The fourth-order valence-corrected chi connectivity index (χ4v) is 11.6. The van der Waals surface area contributed by atoms with Crippen molar-refractivity contribution in [2.24, 2.45) is 0 Å². The molecule has 5 aromatic carbocycles. The number of rotatable bonds is 9. The van der Waals surface area contributed by atoms with E-state index in [0.29, 0.717) is 13.0 Å². The molecule has 0 spiro atoms. The summed E-state index contributed by atoms with van der Waals surface area (Å²) in [5.74, 6) is -0.00101. The number of carbonyl (C=O) groups excluding carboxylic acids is 1. The fourth-order valence-electron chi connectivity index (χ4n) is 5.38. The van der Waals surface area contributed by atoms with Crippen LogP contribution in [0.25, 0.3) is 15.3 Å². The second kappa shape index (κ2) is 12.2. The van der Waals surface area contributed by atoms with Crippen LogP contribution in [-0.4, -0.2) is 36.9 Å². The monoisotopic (exact) mass is 621 g/mol. The summed E-state index contributed by atoms with van der Waals surface area (Å²) >= 11 is -0.0710. The summed E-state index contributed by atoms with van der Waals surface area (Å²) in [6.07, 6.45) is 1.13. The van der Waals surface area contributed by atoms with Crippen molar-refractivity contribution >= 4 is 53.5 Å². The predicted octanol–water partition coefficient (Wildman–Crippen LogP) is 4.70. The zero-order chi connectivity index (χ0) is 28.1. The average molecular weight is 621 g/mol. The van der Waals surface area contributed by atoms with Gasteiger partial charge in [0.15, 0.2) is 0 Å². The number of carbonyl (C=O) groups is 1. The van der Waals surface area contributed by atoms with Crippen LogP contribution in [0.1, 0.15) is 5.56 Å². The molecule has 1 heterocycles. The van der Waals surface area contributed by atoms with E-state index in [0.717, 1.165) is 27.1 Å². The van der Waals surface area contributed by atoms with E-state index >= 15 is 0 Å². The van der Waals surface area contributed by atoms with Crippen molar-refractivity contribution in [2.75, 3.05) is 12.7 Å². The maximum atomic E-state index is 13.1. The molecule has 6 heteroatoms. The van der Waals surface area contributed by atoms with Crippen molar-refractivity contribution in [1.29, 1.82) is 0 Å². The van der Waals surface area contributed by atoms with Crippen molar-refractivity contribution in [3.8, 4) is 5.69 Å². The summed E-state index contributed by atoms with van der Waals surface area (Å²) in [5, 5.41) is 7.92. The topological polar surface area (TPSA) is 51.1 Å². The first-order valence-electron chi connectivity index (χ1n) is 13.7. The number of fused-ring (bicyclic) bond motifs is 1. The fraction of sp³-hybridized carbons (Fsp3) is 0.0857. The van der Waals surface area contributed by atoms with E-state index < -0.39 is 7.26 Å². The number of amides is 1. The van der Waals surface area contributed by atoms with E-state index in [4.69, 9.17) is 0 Å². The molecule has 0 aliphatic heterocycles. The minimum Gasteiger partial charge on any atom is -0.0620 e. The summed E-state index contributed by atoms with van der Waals surface area (Å²) in [6, 6.07) is 47.8. The van der Waals surface area contributed by atoms with Gasteiger partial charge in [-0.3, -0.25) is 0 Å². The number of aromatic nitrogens is 1. The zero-order valence-corrected chi connectivity index (χ0v) is 25.1. The molecule has 0 radical (unpaired) electrons. The van der Waals surface area contributed by atoms with Gasteiger partial charge in [0.25, 0.3) is 0 Å². The van der Waals surface area contributed by atoms with Gasteiger partial charge < -0.3 is 0 Å². The van der Waals surface area contributed by atoms with Gasteiger partial charge in [0.05, 0.1) is 0 Å². The molecule has 0 bridgehead atoms. The molecule has 6 aromatic rings. The molecule has 0 saturated carbocycles. The first kappa shape index (κ1) is 27.2. The zero-order valence-electron chi connectivity index (χ0n) is 22.5. The smallest absolute Gasteiger partial charge is 0.0620 e. The molecular weight excluding hydrogens is 590 g/mol. The first-order valence-corrected chi connectivity index (χ1v) is 17.3. The Bertz CT molecular complexity index is 1720. The van der Waals surface area contributed by atoms with Crippen molar-refractivity contribution < 1.29 is 4.79 Å². The minimum absolute atomic E-state index is 0.00101. The third-order valence-electron chi connectivity index (χ3n) is 7.39. The van der Waals surface area contributed by atoms with Gasteiger partial charge in [0.2, 0.25) is 0 Å². The molecule has 0 saturated heterocycles. The van der Waals surface area contributed by atoms with Crippen LogP contribution < -0.4 is 26.8 Å². The minimum atomic E-state index is -1.99. The number of nitrogens with one attached hydrogen (secondary N) is 1. The molecular formula is C35H30N2O2PSe+. The van der Waals surface area contributed by atoms with Crippen LogP contribution in [-0.2, 0) is 11.2 Å². The van der Waals surface area contributed by atoms with Crippen LogP contribution in [0.5, 0.6) is 0 Å². The number of benzene rings is 5. The summed E-state index contributed by atoms with van der Waals surface area (Å²) in [5.41, 5.74) is 1.85. The van der Waals surface area contributed by atoms with Crippen LogP contribution in [0.15, 0.2) is 144 Å². The first-order chi connectivity index (χ1) is 20.1.